The second-order valence-corrected chi connectivity index (χ2v) is 4.84. The molecule has 0 bridgehead atoms. The molecule has 2 aromatic heterocycles. The number of para-hydroxylation sites is 1. The van der Waals surface area contributed by atoms with E-state index < -0.39 is 0 Å². The van der Waals surface area contributed by atoms with Crippen LogP contribution >= 0.6 is 11.3 Å². The summed E-state index contributed by atoms with van der Waals surface area (Å²) in [7, 11) is 0. The largest absolute Gasteiger partial charge is 0.360 e. The summed E-state index contributed by atoms with van der Waals surface area (Å²) in [5.74, 6) is 0. The van der Waals surface area contributed by atoms with Crippen molar-refractivity contribution in [2.24, 2.45) is 0 Å². The monoisotopic (exact) mass is 256 g/mol. The lowest BCUT2D eigenvalue weighted by molar-refractivity contribution is 1.07. The number of pyridine rings is 1. The smallest absolute Gasteiger partial charge is 0.205 e. The Morgan fingerprint density at radius 2 is 2.11 bits per heavy atom. The lowest BCUT2D eigenvalue weighted by Crippen LogP contribution is -1.94. The minimum absolute atomic E-state index is 0.848. The van der Waals surface area contributed by atoms with Crippen molar-refractivity contribution in [1.29, 1.82) is 0 Å². The molecule has 0 saturated carbocycles. The normalized spacial score (nSPS) is 10.7. The van der Waals surface area contributed by atoms with E-state index in [1.807, 2.05) is 31.3 Å². The number of aromatic nitrogens is 3. The van der Waals surface area contributed by atoms with Gasteiger partial charge in [-0.3, -0.25) is 4.98 Å². The summed E-state index contributed by atoms with van der Waals surface area (Å²) in [6, 6.07) is 10.2. The summed E-state index contributed by atoms with van der Waals surface area (Å²) in [6.45, 7) is 2.89. The van der Waals surface area contributed by atoms with E-state index in [-0.39, 0.29) is 0 Å². The SMILES string of the molecule is CCNc1nnc(-c2cnc3ccccc3c2)s1. The summed E-state index contributed by atoms with van der Waals surface area (Å²) < 4.78 is 0. The topological polar surface area (TPSA) is 50.7 Å². The van der Waals surface area contributed by atoms with Crippen LogP contribution in [0.4, 0.5) is 5.13 Å². The van der Waals surface area contributed by atoms with E-state index in [0.717, 1.165) is 33.2 Å². The zero-order valence-corrected chi connectivity index (χ0v) is 10.7. The molecule has 1 aromatic carbocycles. The number of benzene rings is 1. The number of hydrogen-bond donors (Lipinski definition) is 1. The lowest BCUT2D eigenvalue weighted by Gasteiger charge is -1.98. The minimum atomic E-state index is 0.848. The summed E-state index contributed by atoms with van der Waals surface area (Å²) >= 11 is 1.55. The molecule has 0 amide bonds. The van der Waals surface area contributed by atoms with Crippen LogP contribution in [0.1, 0.15) is 6.92 Å². The first kappa shape index (κ1) is 11.1. The standard InChI is InChI=1S/C13H12N4S/c1-2-14-13-17-16-12(18-13)10-7-9-5-3-4-6-11(9)15-8-10/h3-8H,2H2,1H3,(H,14,17). The van der Waals surface area contributed by atoms with E-state index in [1.165, 1.54) is 0 Å². The zero-order valence-electron chi connectivity index (χ0n) is 9.92. The average molecular weight is 256 g/mol. The van der Waals surface area contributed by atoms with Gasteiger partial charge in [-0.15, -0.1) is 10.2 Å². The Bertz CT molecular complexity index is 677. The summed E-state index contributed by atoms with van der Waals surface area (Å²) in [4.78, 5) is 4.43. The summed E-state index contributed by atoms with van der Waals surface area (Å²) in [5.41, 5.74) is 2.01. The molecular formula is C13H12N4S. The van der Waals surface area contributed by atoms with Gasteiger partial charge in [-0.2, -0.15) is 0 Å². The molecule has 4 nitrogen and oxygen atoms in total. The van der Waals surface area contributed by atoms with Gasteiger partial charge in [0, 0.05) is 23.7 Å². The van der Waals surface area contributed by atoms with Crippen LogP contribution in [0.15, 0.2) is 36.5 Å². The molecule has 0 spiro atoms. The first-order valence-electron chi connectivity index (χ1n) is 5.79. The van der Waals surface area contributed by atoms with Crippen LogP contribution in [0.2, 0.25) is 0 Å². The van der Waals surface area contributed by atoms with Crippen LogP contribution in [0.25, 0.3) is 21.5 Å². The van der Waals surface area contributed by atoms with Crippen LogP contribution in [0.5, 0.6) is 0 Å². The van der Waals surface area contributed by atoms with Gasteiger partial charge in [0.15, 0.2) is 5.01 Å². The minimum Gasteiger partial charge on any atom is -0.360 e. The van der Waals surface area contributed by atoms with Crippen LogP contribution < -0.4 is 5.32 Å². The third-order valence-electron chi connectivity index (χ3n) is 2.59. The van der Waals surface area contributed by atoms with Crippen molar-refractivity contribution in [2.75, 3.05) is 11.9 Å². The van der Waals surface area contributed by atoms with Crippen LogP contribution in [-0.2, 0) is 0 Å². The Labute approximate surface area is 109 Å². The highest BCUT2D eigenvalue weighted by Crippen LogP contribution is 2.27. The molecule has 1 N–H and O–H groups in total. The van der Waals surface area contributed by atoms with Gasteiger partial charge < -0.3 is 5.32 Å². The van der Waals surface area contributed by atoms with Crippen molar-refractivity contribution in [2.45, 2.75) is 6.92 Å². The molecular weight excluding hydrogens is 244 g/mol. The fraction of sp³-hybridized carbons (Fsp3) is 0.154. The van der Waals surface area contributed by atoms with Crippen LogP contribution in [-0.4, -0.2) is 21.7 Å². The highest BCUT2D eigenvalue weighted by Gasteiger charge is 2.07. The number of nitrogens with one attached hydrogen (secondary N) is 1. The third-order valence-corrected chi connectivity index (χ3v) is 3.52. The number of nitrogens with zero attached hydrogens (tertiary/aromatic N) is 3. The van der Waals surface area contributed by atoms with Crippen LogP contribution in [0.3, 0.4) is 0 Å². The maximum atomic E-state index is 4.43. The van der Waals surface area contributed by atoms with E-state index >= 15 is 0 Å². The molecule has 3 aromatic rings. The molecule has 90 valence electrons. The fourth-order valence-corrected chi connectivity index (χ4v) is 2.54. The summed E-state index contributed by atoms with van der Waals surface area (Å²) in [6.07, 6.45) is 1.85. The first-order chi connectivity index (χ1) is 8.86. The van der Waals surface area contributed by atoms with Gasteiger partial charge in [-0.05, 0) is 19.1 Å². The van der Waals surface area contributed by atoms with Gasteiger partial charge in [-0.25, -0.2) is 0 Å². The molecule has 0 saturated heterocycles. The second-order valence-electron chi connectivity index (χ2n) is 3.86. The summed E-state index contributed by atoms with van der Waals surface area (Å²) in [5, 5.41) is 14.3. The van der Waals surface area contributed by atoms with E-state index in [9.17, 15) is 0 Å². The van der Waals surface area contributed by atoms with E-state index in [0.29, 0.717) is 0 Å². The van der Waals surface area contributed by atoms with Crippen molar-refractivity contribution >= 4 is 27.4 Å². The van der Waals surface area contributed by atoms with Gasteiger partial charge >= 0.3 is 0 Å². The van der Waals surface area contributed by atoms with Crippen molar-refractivity contribution in [3.05, 3.63) is 36.5 Å². The fourth-order valence-electron chi connectivity index (χ4n) is 1.75. The molecule has 0 fully saturated rings. The average Bonchev–Trinajstić information content (AvgIpc) is 2.87. The number of fused-ring (bicyclic) bond motifs is 1. The van der Waals surface area contributed by atoms with Crippen molar-refractivity contribution in [3.8, 4) is 10.6 Å². The zero-order chi connectivity index (χ0) is 12.4. The Morgan fingerprint density at radius 1 is 1.22 bits per heavy atom. The Balaban J connectivity index is 2.02. The number of rotatable bonds is 3. The molecule has 0 aliphatic rings. The van der Waals surface area contributed by atoms with Crippen molar-refractivity contribution < 1.29 is 0 Å². The third kappa shape index (κ3) is 2.04. The molecule has 0 radical (unpaired) electrons. The van der Waals surface area contributed by atoms with Gasteiger partial charge in [-0.1, -0.05) is 29.5 Å². The predicted octanol–water partition coefficient (Wildman–Crippen LogP) is 3.19. The molecule has 0 aliphatic heterocycles. The molecule has 0 atom stereocenters. The molecule has 0 aliphatic carbocycles. The quantitative estimate of drug-likeness (QED) is 0.782. The van der Waals surface area contributed by atoms with Gasteiger partial charge in [0.1, 0.15) is 0 Å². The highest BCUT2D eigenvalue weighted by atomic mass is 32.1. The lowest BCUT2D eigenvalue weighted by atomic mass is 10.2. The number of hydrogen-bond acceptors (Lipinski definition) is 5. The van der Waals surface area contributed by atoms with Crippen molar-refractivity contribution in [3.63, 3.8) is 0 Å². The Morgan fingerprint density at radius 3 is 3.00 bits per heavy atom. The predicted molar refractivity (Wildman–Crippen MR) is 74.8 cm³/mol. The molecule has 5 heteroatoms. The molecule has 3 rings (SSSR count). The van der Waals surface area contributed by atoms with Gasteiger partial charge in [0.05, 0.1) is 5.52 Å². The highest BCUT2D eigenvalue weighted by molar-refractivity contribution is 7.18. The van der Waals surface area contributed by atoms with E-state index in [4.69, 9.17) is 0 Å². The van der Waals surface area contributed by atoms with Gasteiger partial charge in [0.2, 0.25) is 5.13 Å². The maximum Gasteiger partial charge on any atom is 0.205 e. The second kappa shape index (κ2) is 4.70. The van der Waals surface area contributed by atoms with Gasteiger partial charge in [0.25, 0.3) is 0 Å². The number of anilines is 1. The maximum absolute atomic E-state index is 4.43. The molecule has 2 heterocycles. The molecule has 18 heavy (non-hydrogen) atoms. The van der Waals surface area contributed by atoms with Crippen molar-refractivity contribution in [1.82, 2.24) is 15.2 Å². The Hall–Kier alpha value is -2.01. The Kier molecular flexibility index (Phi) is 2.90. The first-order valence-corrected chi connectivity index (χ1v) is 6.61. The van der Waals surface area contributed by atoms with Crippen LogP contribution in [0, 0.1) is 0 Å². The van der Waals surface area contributed by atoms with E-state index in [1.54, 1.807) is 11.3 Å². The molecule has 0 unspecified atom stereocenters. The van der Waals surface area contributed by atoms with E-state index in [2.05, 4.69) is 32.6 Å².